The Balaban J connectivity index is 2.63. The molecule has 0 spiro atoms. The van der Waals surface area contributed by atoms with Gasteiger partial charge in [-0.1, -0.05) is 0 Å². The van der Waals surface area contributed by atoms with Crippen LogP contribution in [0.3, 0.4) is 0 Å². The van der Waals surface area contributed by atoms with Crippen molar-refractivity contribution in [2.24, 2.45) is 5.73 Å². The first-order valence-corrected chi connectivity index (χ1v) is 6.61. The smallest absolute Gasteiger partial charge is 0.243 e. The van der Waals surface area contributed by atoms with Gasteiger partial charge in [-0.25, -0.2) is 0 Å². The highest BCUT2D eigenvalue weighted by atomic mass is 16.3. The first-order chi connectivity index (χ1) is 9.86. The SMILES string of the molecule is CC(=O)NCC(=O)N1CCC[C@H]1C(=O)N[C@@H](CO)C(N)=O. The van der Waals surface area contributed by atoms with Crippen molar-refractivity contribution in [1.82, 2.24) is 15.5 Å². The average molecular weight is 300 g/mol. The predicted molar refractivity (Wildman–Crippen MR) is 71.6 cm³/mol. The van der Waals surface area contributed by atoms with Crippen LogP contribution in [0.5, 0.6) is 0 Å². The minimum absolute atomic E-state index is 0.182. The summed E-state index contributed by atoms with van der Waals surface area (Å²) in [6, 6.07) is -1.90. The summed E-state index contributed by atoms with van der Waals surface area (Å²) in [5.41, 5.74) is 5.03. The first-order valence-electron chi connectivity index (χ1n) is 6.61. The highest BCUT2D eigenvalue weighted by Crippen LogP contribution is 2.17. The Morgan fingerprint density at radius 1 is 1.38 bits per heavy atom. The van der Waals surface area contributed by atoms with E-state index in [4.69, 9.17) is 10.8 Å². The van der Waals surface area contributed by atoms with Crippen molar-refractivity contribution >= 4 is 23.6 Å². The molecule has 1 saturated heterocycles. The third-order valence-corrected chi connectivity index (χ3v) is 3.21. The predicted octanol–water partition coefficient (Wildman–Crippen LogP) is -2.92. The highest BCUT2D eigenvalue weighted by molar-refractivity contribution is 5.93. The van der Waals surface area contributed by atoms with Gasteiger partial charge in [-0.2, -0.15) is 0 Å². The molecule has 0 aromatic heterocycles. The molecule has 0 unspecified atom stereocenters. The van der Waals surface area contributed by atoms with Crippen LogP contribution in [0.4, 0.5) is 0 Å². The lowest BCUT2D eigenvalue weighted by molar-refractivity contribution is -0.139. The molecule has 1 heterocycles. The average Bonchev–Trinajstić information content (AvgIpc) is 2.90. The monoisotopic (exact) mass is 300 g/mol. The molecule has 0 aromatic rings. The highest BCUT2D eigenvalue weighted by Gasteiger charge is 2.35. The number of hydrogen-bond acceptors (Lipinski definition) is 5. The van der Waals surface area contributed by atoms with E-state index in [9.17, 15) is 19.2 Å². The number of nitrogens with zero attached hydrogens (tertiary/aromatic N) is 1. The summed E-state index contributed by atoms with van der Waals surface area (Å²) < 4.78 is 0. The number of carbonyl (C=O) groups is 4. The maximum absolute atomic E-state index is 12.1. The summed E-state index contributed by atoms with van der Waals surface area (Å²) in [4.78, 5) is 47.1. The number of hydrogen-bond donors (Lipinski definition) is 4. The van der Waals surface area contributed by atoms with Crippen LogP contribution >= 0.6 is 0 Å². The summed E-state index contributed by atoms with van der Waals surface area (Å²) in [6.07, 6.45) is 1.10. The third-order valence-electron chi connectivity index (χ3n) is 3.21. The molecule has 5 N–H and O–H groups in total. The third kappa shape index (κ3) is 4.71. The van der Waals surface area contributed by atoms with Crippen molar-refractivity contribution in [3.63, 3.8) is 0 Å². The molecule has 1 aliphatic rings. The lowest BCUT2D eigenvalue weighted by Gasteiger charge is -2.25. The number of nitrogens with one attached hydrogen (secondary N) is 2. The Hall–Kier alpha value is -2.16. The molecule has 21 heavy (non-hydrogen) atoms. The molecule has 1 rings (SSSR count). The number of aliphatic hydroxyl groups is 1. The number of rotatable bonds is 6. The lowest BCUT2D eigenvalue weighted by atomic mass is 10.2. The summed E-state index contributed by atoms with van der Waals surface area (Å²) in [5.74, 6) is -2.10. The van der Waals surface area contributed by atoms with Crippen molar-refractivity contribution in [3.8, 4) is 0 Å². The molecule has 9 heteroatoms. The Labute approximate surface area is 121 Å². The fourth-order valence-corrected chi connectivity index (χ4v) is 2.11. The van der Waals surface area contributed by atoms with E-state index in [1.54, 1.807) is 0 Å². The zero-order chi connectivity index (χ0) is 16.0. The normalized spacial score (nSPS) is 19.0. The largest absolute Gasteiger partial charge is 0.394 e. The van der Waals surface area contributed by atoms with Gasteiger partial charge >= 0.3 is 0 Å². The summed E-state index contributed by atoms with van der Waals surface area (Å²) in [7, 11) is 0. The van der Waals surface area contributed by atoms with Crippen LogP contribution in [-0.4, -0.2) is 65.4 Å². The standard InChI is InChI=1S/C12H20N4O5/c1-7(18)14-5-10(19)16-4-2-3-9(16)12(21)15-8(6-17)11(13)20/h8-9,17H,2-6H2,1H3,(H2,13,20)(H,14,18)(H,15,21)/t8-,9-/m0/s1. The fourth-order valence-electron chi connectivity index (χ4n) is 2.11. The van der Waals surface area contributed by atoms with Crippen LogP contribution in [0, 0.1) is 0 Å². The second kappa shape index (κ2) is 7.58. The fraction of sp³-hybridized carbons (Fsp3) is 0.667. The van der Waals surface area contributed by atoms with Gasteiger partial charge in [-0.05, 0) is 12.8 Å². The van der Waals surface area contributed by atoms with Gasteiger partial charge in [0.25, 0.3) is 0 Å². The van der Waals surface area contributed by atoms with Gasteiger partial charge in [0, 0.05) is 13.5 Å². The topological polar surface area (TPSA) is 142 Å². The number of amides is 4. The van der Waals surface area contributed by atoms with Crippen molar-refractivity contribution < 1.29 is 24.3 Å². The zero-order valence-electron chi connectivity index (χ0n) is 11.8. The number of primary amides is 1. The van der Waals surface area contributed by atoms with E-state index >= 15 is 0 Å². The van der Waals surface area contributed by atoms with Crippen LogP contribution in [-0.2, 0) is 19.2 Å². The molecule has 2 atom stereocenters. The second-order valence-electron chi connectivity index (χ2n) is 4.80. The second-order valence-corrected chi connectivity index (χ2v) is 4.80. The lowest BCUT2D eigenvalue weighted by Crippen LogP contribution is -2.54. The van der Waals surface area contributed by atoms with Gasteiger partial charge in [0.1, 0.15) is 12.1 Å². The summed E-state index contributed by atoms with van der Waals surface area (Å²) in [6.45, 7) is 0.906. The van der Waals surface area contributed by atoms with E-state index in [0.29, 0.717) is 19.4 Å². The first kappa shape index (κ1) is 16.9. The molecule has 1 fully saturated rings. The van der Waals surface area contributed by atoms with Crippen LogP contribution in [0.25, 0.3) is 0 Å². The molecular formula is C12H20N4O5. The molecule has 0 bridgehead atoms. The molecule has 9 nitrogen and oxygen atoms in total. The minimum Gasteiger partial charge on any atom is -0.394 e. The van der Waals surface area contributed by atoms with E-state index in [1.165, 1.54) is 11.8 Å². The Bertz CT molecular complexity index is 439. The van der Waals surface area contributed by atoms with Crippen molar-refractivity contribution in [2.75, 3.05) is 19.7 Å². The van der Waals surface area contributed by atoms with Crippen LogP contribution < -0.4 is 16.4 Å². The molecule has 4 amide bonds. The molecule has 118 valence electrons. The summed E-state index contributed by atoms with van der Waals surface area (Å²) in [5, 5.41) is 13.7. The van der Waals surface area contributed by atoms with Crippen LogP contribution in [0.15, 0.2) is 0 Å². The Morgan fingerprint density at radius 2 is 2.05 bits per heavy atom. The maximum Gasteiger partial charge on any atom is 0.243 e. The molecular weight excluding hydrogens is 280 g/mol. The zero-order valence-corrected chi connectivity index (χ0v) is 11.8. The van der Waals surface area contributed by atoms with Crippen molar-refractivity contribution in [2.45, 2.75) is 31.8 Å². The van der Waals surface area contributed by atoms with E-state index in [-0.39, 0.29) is 18.4 Å². The van der Waals surface area contributed by atoms with E-state index in [1.807, 2.05) is 0 Å². The number of likely N-dealkylation sites (tertiary alicyclic amines) is 1. The van der Waals surface area contributed by atoms with E-state index in [2.05, 4.69) is 10.6 Å². The van der Waals surface area contributed by atoms with Crippen LogP contribution in [0.1, 0.15) is 19.8 Å². The van der Waals surface area contributed by atoms with Gasteiger partial charge in [-0.15, -0.1) is 0 Å². The van der Waals surface area contributed by atoms with Crippen molar-refractivity contribution in [3.05, 3.63) is 0 Å². The van der Waals surface area contributed by atoms with Gasteiger partial charge in [0.05, 0.1) is 13.2 Å². The number of nitrogens with two attached hydrogens (primary N) is 1. The van der Waals surface area contributed by atoms with Gasteiger partial charge in [0.2, 0.25) is 23.6 Å². The molecule has 0 saturated carbocycles. The summed E-state index contributed by atoms with van der Waals surface area (Å²) >= 11 is 0. The van der Waals surface area contributed by atoms with Crippen molar-refractivity contribution in [1.29, 1.82) is 0 Å². The molecule has 0 aliphatic carbocycles. The Morgan fingerprint density at radius 3 is 2.57 bits per heavy atom. The van der Waals surface area contributed by atoms with E-state index < -0.39 is 30.5 Å². The molecule has 1 aliphatic heterocycles. The minimum atomic E-state index is -1.18. The van der Waals surface area contributed by atoms with Gasteiger partial charge in [0.15, 0.2) is 0 Å². The van der Waals surface area contributed by atoms with Gasteiger partial charge < -0.3 is 26.4 Å². The Kier molecular flexibility index (Phi) is 6.10. The number of carbonyl (C=O) groups excluding carboxylic acids is 4. The molecule has 0 radical (unpaired) electrons. The molecule has 0 aromatic carbocycles. The van der Waals surface area contributed by atoms with Crippen LogP contribution in [0.2, 0.25) is 0 Å². The van der Waals surface area contributed by atoms with E-state index in [0.717, 1.165) is 0 Å². The number of aliphatic hydroxyl groups excluding tert-OH is 1. The quantitative estimate of drug-likeness (QED) is 0.415. The maximum atomic E-state index is 12.1. The van der Waals surface area contributed by atoms with Gasteiger partial charge in [-0.3, -0.25) is 19.2 Å².